The van der Waals surface area contributed by atoms with E-state index in [1.54, 1.807) is 7.11 Å². The van der Waals surface area contributed by atoms with Gasteiger partial charge in [-0.3, -0.25) is 0 Å². The Bertz CT molecular complexity index is 328. The lowest BCUT2D eigenvalue weighted by Crippen LogP contribution is -2.51. The summed E-state index contributed by atoms with van der Waals surface area (Å²) in [6.07, 6.45) is 3.62. The van der Waals surface area contributed by atoms with Gasteiger partial charge in [-0.1, -0.05) is 12.1 Å². The van der Waals surface area contributed by atoms with E-state index in [0.717, 1.165) is 18.7 Å². The van der Waals surface area contributed by atoms with Gasteiger partial charge in [0.1, 0.15) is 5.75 Å². The van der Waals surface area contributed by atoms with Crippen molar-refractivity contribution >= 4 is 0 Å². The highest BCUT2D eigenvalue weighted by molar-refractivity contribution is 5.32. The fourth-order valence-corrected chi connectivity index (χ4v) is 2.42. The fraction of sp³-hybridized carbons (Fsp3) is 0.538. The Morgan fingerprint density at radius 2 is 2.06 bits per heavy atom. The molecule has 3 nitrogen and oxygen atoms in total. The Labute approximate surface area is 97.0 Å². The zero-order chi connectivity index (χ0) is 11.4. The maximum Gasteiger partial charge on any atom is 0.118 e. The summed E-state index contributed by atoms with van der Waals surface area (Å²) < 4.78 is 5.17. The standard InChI is InChI=1S/C13H20N2O/c1-16-12-6-4-11(5-7-12)13(10-14)8-2-3-9-15-13/h4-7,15H,2-3,8-10,14H2,1H3. The van der Waals surface area contributed by atoms with E-state index in [2.05, 4.69) is 17.4 Å². The molecule has 1 heterocycles. The molecule has 1 aromatic rings. The van der Waals surface area contributed by atoms with Crippen LogP contribution in [-0.2, 0) is 5.54 Å². The largest absolute Gasteiger partial charge is 0.497 e. The first kappa shape index (κ1) is 11.4. The quantitative estimate of drug-likeness (QED) is 0.813. The summed E-state index contributed by atoms with van der Waals surface area (Å²) in [5, 5.41) is 3.57. The fourth-order valence-electron chi connectivity index (χ4n) is 2.42. The monoisotopic (exact) mass is 220 g/mol. The van der Waals surface area contributed by atoms with Crippen LogP contribution in [0.5, 0.6) is 5.75 Å². The van der Waals surface area contributed by atoms with Gasteiger partial charge in [-0.25, -0.2) is 0 Å². The summed E-state index contributed by atoms with van der Waals surface area (Å²) in [6.45, 7) is 1.71. The molecule has 16 heavy (non-hydrogen) atoms. The smallest absolute Gasteiger partial charge is 0.118 e. The van der Waals surface area contributed by atoms with Crippen molar-refractivity contribution in [3.63, 3.8) is 0 Å². The molecule has 1 aliphatic rings. The Kier molecular flexibility index (Phi) is 3.46. The molecule has 1 saturated heterocycles. The van der Waals surface area contributed by atoms with Crippen LogP contribution in [0, 0.1) is 0 Å². The molecule has 1 atom stereocenters. The van der Waals surface area contributed by atoms with Crippen molar-refractivity contribution in [2.24, 2.45) is 5.73 Å². The van der Waals surface area contributed by atoms with E-state index in [-0.39, 0.29) is 5.54 Å². The zero-order valence-corrected chi connectivity index (χ0v) is 9.83. The number of nitrogens with two attached hydrogens (primary N) is 1. The van der Waals surface area contributed by atoms with Crippen LogP contribution >= 0.6 is 0 Å². The molecule has 0 aromatic heterocycles. The molecule has 0 saturated carbocycles. The van der Waals surface area contributed by atoms with Gasteiger partial charge in [0.2, 0.25) is 0 Å². The molecule has 1 fully saturated rings. The second-order valence-corrected chi connectivity index (χ2v) is 4.40. The Balaban J connectivity index is 2.24. The number of hydrogen-bond donors (Lipinski definition) is 2. The van der Waals surface area contributed by atoms with E-state index in [0.29, 0.717) is 6.54 Å². The Morgan fingerprint density at radius 1 is 1.31 bits per heavy atom. The van der Waals surface area contributed by atoms with E-state index in [4.69, 9.17) is 10.5 Å². The van der Waals surface area contributed by atoms with Crippen molar-refractivity contribution in [3.05, 3.63) is 29.8 Å². The molecule has 88 valence electrons. The number of piperidine rings is 1. The highest BCUT2D eigenvalue weighted by Gasteiger charge is 2.31. The van der Waals surface area contributed by atoms with Crippen molar-refractivity contribution in [1.82, 2.24) is 5.32 Å². The van der Waals surface area contributed by atoms with Crippen LogP contribution in [0.25, 0.3) is 0 Å². The van der Waals surface area contributed by atoms with Crippen molar-refractivity contribution in [3.8, 4) is 5.75 Å². The summed E-state index contributed by atoms with van der Waals surface area (Å²) in [6, 6.07) is 8.24. The SMILES string of the molecule is COc1ccc(C2(CN)CCCCN2)cc1. The minimum atomic E-state index is -0.0233. The van der Waals surface area contributed by atoms with E-state index in [1.807, 2.05) is 12.1 Å². The Morgan fingerprint density at radius 3 is 2.56 bits per heavy atom. The summed E-state index contributed by atoms with van der Waals surface area (Å²) in [5.41, 5.74) is 7.20. The second-order valence-electron chi connectivity index (χ2n) is 4.40. The zero-order valence-electron chi connectivity index (χ0n) is 9.83. The predicted molar refractivity (Wildman–Crippen MR) is 65.6 cm³/mol. The van der Waals surface area contributed by atoms with E-state index < -0.39 is 0 Å². The lowest BCUT2D eigenvalue weighted by atomic mass is 9.82. The van der Waals surface area contributed by atoms with E-state index in [1.165, 1.54) is 18.4 Å². The number of methoxy groups -OCH3 is 1. The highest BCUT2D eigenvalue weighted by atomic mass is 16.5. The molecule has 0 aliphatic carbocycles. The summed E-state index contributed by atoms with van der Waals surface area (Å²) >= 11 is 0. The van der Waals surface area contributed by atoms with Gasteiger partial charge in [-0.2, -0.15) is 0 Å². The van der Waals surface area contributed by atoms with E-state index in [9.17, 15) is 0 Å². The van der Waals surface area contributed by atoms with Crippen molar-refractivity contribution in [2.45, 2.75) is 24.8 Å². The molecular formula is C13H20N2O. The summed E-state index contributed by atoms with van der Waals surface area (Å²) in [5.74, 6) is 0.895. The molecule has 0 radical (unpaired) electrons. The minimum Gasteiger partial charge on any atom is -0.497 e. The molecule has 3 heteroatoms. The second kappa shape index (κ2) is 4.85. The number of rotatable bonds is 3. The van der Waals surface area contributed by atoms with Gasteiger partial charge in [0.25, 0.3) is 0 Å². The average molecular weight is 220 g/mol. The first-order valence-electron chi connectivity index (χ1n) is 5.90. The van der Waals surface area contributed by atoms with Gasteiger partial charge < -0.3 is 15.8 Å². The van der Waals surface area contributed by atoms with Crippen LogP contribution in [0.1, 0.15) is 24.8 Å². The number of benzene rings is 1. The number of nitrogens with one attached hydrogen (secondary N) is 1. The molecule has 0 spiro atoms. The van der Waals surface area contributed by atoms with Gasteiger partial charge in [-0.15, -0.1) is 0 Å². The third-order valence-corrected chi connectivity index (χ3v) is 3.48. The molecule has 0 bridgehead atoms. The Hall–Kier alpha value is -1.06. The summed E-state index contributed by atoms with van der Waals surface area (Å²) in [7, 11) is 1.69. The molecule has 2 rings (SSSR count). The lowest BCUT2D eigenvalue weighted by Gasteiger charge is -2.38. The van der Waals surface area contributed by atoms with Crippen molar-refractivity contribution in [2.75, 3.05) is 20.2 Å². The maximum atomic E-state index is 5.95. The third kappa shape index (κ3) is 2.06. The normalized spacial score (nSPS) is 25.4. The summed E-state index contributed by atoms with van der Waals surface area (Å²) in [4.78, 5) is 0. The molecule has 1 aliphatic heterocycles. The van der Waals surface area contributed by atoms with Crippen LogP contribution in [-0.4, -0.2) is 20.2 Å². The van der Waals surface area contributed by atoms with Gasteiger partial charge in [0, 0.05) is 6.54 Å². The van der Waals surface area contributed by atoms with Gasteiger partial charge in [0.15, 0.2) is 0 Å². The van der Waals surface area contributed by atoms with Crippen molar-refractivity contribution < 1.29 is 4.74 Å². The van der Waals surface area contributed by atoms with Gasteiger partial charge in [-0.05, 0) is 43.5 Å². The predicted octanol–water partition coefficient (Wildman–Crippen LogP) is 1.62. The van der Waals surface area contributed by atoms with Crippen LogP contribution in [0.2, 0.25) is 0 Å². The minimum absolute atomic E-state index is 0.0233. The molecule has 3 N–H and O–H groups in total. The van der Waals surface area contributed by atoms with Crippen LogP contribution in [0.15, 0.2) is 24.3 Å². The van der Waals surface area contributed by atoms with Gasteiger partial charge in [0.05, 0.1) is 12.6 Å². The molecule has 0 amide bonds. The van der Waals surface area contributed by atoms with Gasteiger partial charge >= 0.3 is 0 Å². The molecular weight excluding hydrogens is 200 g/mol. The topological polar surface area (TPSA) is 47.3 Å². The lowest BCUT2D eigenvalue weighted by molar-refractivity contribution is 0.265. The highest BCUT2D eigenvalue weighted by Crippen LogP contribution is 2.30. The first-order valence-corrected chi connectivity index (χ1v) is 5.90. The van der Waals surface area contributed by atoms with Crippen LogP contribution < -0.4 is 15.8 Å². The molecule has 1 aromatic carbocycles. The number of hydrogen-bond acceptors (Lipinski definition) is 3. The van der Waals surface area contributed by atoms with Crippen LogP contribution in [0.3, 0.4) is 0 Å². The van der Waals surface area contributed by atoms with Crippen LogP contribution in [0.4, 0.5) is 0 Å². The average Bonchev–Trinajstić information content (AvgIpc) is 2.39. The van der Waals surface area contributed by atoms with Crippen molar-refractivity contribution in [1.29, 1.82) is 0 Å². The number of ether oxygens (including phenoxy) is 1. The maximum absolute atomic E-state index is 5.95. The third-order valence-electron chi connectivity index (χ3n) is 3.48. The first-order chi connectivity index (χ1) is 7.80. The molecule has 1 unspecified atom stereocenters. The van der Waals surface area contributed by atoms with E-state index >= 15 is 0 Å².